The quantitative estimate of drug-likeness (QED) is 0.565. The third-order valence-electron chi connectivity index (χ3n) is 5.51. The first-order valence-electron chi connectivity index (χ1n) is 10.9. The first-order chi connectivity index (χ1) is 16.2. The summed E-state index contributed by atoms with van der Waals surface area (Å²) in [6.07, 6.45) is 6.45. The van der Waals surface area contributed by atoms with Gasteiger partial charge in [-0.2, -0.15) is 5.26 Å². The fourth-order valence-electron chi connectivity index (χ4n) is 3.55. The number of pyridine rings is 2. The molecule has 4 heterocycles. The predicted molar refractivity (Wildman–Crippen MR) is 120 cm³/mol. The van der Waals surface area contributed by atoms with Crippen LogP contribution < -0.4 is 10.6 Å². The molecule has 1 aliphatic heterocycles. The molecule has 1 saturated heterocycles. The average Bonchev–Trinajstić information content (AvgIpc) is 3.67. The monoisotopic (exact) mass is 446 g/mol. The highest BCUT2D eigenvalue weighted by Gasteiger charge is 2.23. The van der Waals surface area contributed by atoms with E-state index >= 15 is 0 Å². The lowest BCUT2D eigenvalue weighted by atomic mass is 10.1. The van der Waals surface area contributed by atoms with Crippen LogP contribution in [0.2, 0.25) is 0 Å². The molecule has 1 aliphatic carbocycles. The van der Waals surface area contributed by atoms with Crippen molar-refractivity contribution in [2.75, 3.05) is 36.9 Å². The van der Waals surface area contributed by atoms with Crippen LogP contribution in [0.1, 0.15) is 24.1 Å². The van der Waals surface area contributed by atoms with E-state index in [1.54, 1.807) is 12.3 Å². The number of hydrogen-bond donors (Lipinski definition) is 2. The highest BCUT2D eigenvalue weighted by Crippen LogP contribution is 2.28. The summed E-state index contributed by atoms with van der Waals surface area (Å²) in [4.78, 5) is 19.5. The molecule has 0 radical (unpaired) electrons. The number of rotatable bonds is 7. The predicted octanol–water partition coefficient (Wildman–Crippen LogP) is 3.09. The minimum atomic E-state index is -0.590. The Morgan fingerprint density at radius 3 is 2.70 bits per heavy atom. The molecule has 0 unspecified atom stereocenters. The van der Waals surface area contributed by atoms with Gasteiger partial charge in [-0.05, 0) is 31.0 Å². The number of aromatic nitrogens is 4. The summed E-state index contributed by atoms with van der Waals surface area (Å²) in [6, 6.07) is 7.90. The minimum absolute atomic E-state index is 0.0753. The van der Waals surface area contributed by atoms with E-state index < -0.39 is 5.82 Å². The molecule has 0 amide bonds. The van der Waals surface area contributed by atoms with Crippen LogP contribution in [0.4, 0.5) is 21.8 Å². The van der Waals surface area contributed by atoms with Crippen molar-refractivity contribution in [2.24, 2.45) is 0 Å². The number of nitrogens with zero attached hydrogens (tertiary/aromatic N) is 6. The first-order valence-corrected chi connectivity index (χ1v) is 10.9. The Balaban J connectivity index is 1.31. The molecule has 0 atom stereocenters. The SMILES string of the molecule is N#Cc1cc(-c2nc(Nc3ccc(CN4CCOCC4)nc3)ncc2F)cnc1NC1CC1. The van der Waals surface area contributed by atoms with Gasteiger partial charge in [-0.1, -0.05) is 0 Å². The van der Waals surface area contributed by atoms with Crippen molar-refractivity contribution in [3.05, 3.63) is 53.9 Å². The van der Waals surface area contributed by atoms with Crippen LogP contribution in [-0.4, -0.2) is 57.2 Å². The maximum atomic E-state index is 14.5. The molecule has 0 aromatic carbocycles. The van der Waals surface area contributed by atoms with Crippen LogP contribution in [0.25, 0.3) is 11.3 Å². The number of anilines is 3. The second-order valence-corrected chi connectivity index (χ2v) is 8.09. The Morgan fingerprint density at radius 2 is 1.97 bits per heavy atom. The highest BCUT2D eigenvalue weighted by molar-refractivity contribution is 5.67. The molecule has 2 fully saturated rings. The topological polar surface area (TPSA) is 112 Å². The Kier molecular flexibility index (Phi) is 6.06. The smallest absolute Gasteiger partial charge is 0.227 e. The molecule has 0 bridgehead atoms. The van der Waals surface area contributed by atoms with Crippen molar-refractivity contribution < 1.29 is 9.13 Å². The lowest BCUT2D eigenvalue weighted by molar-refractivity contribution is 0.0336. The normalized spacial score (nSPS) is 16.2. The molecule has 168 valence electrons. The lowest BCUT2D eigenvalue weighted by Crippen LogP contribution is -2.35. The number of halogens is 1. The van der Waals surface area contributed by atoms with E-state index in [-0.39, 0.29) is 11.6 Å². The summed E-state index contributed by atoms with van der Waals surface area (Å²) in [5.74, 6) is 0.153. The van der Waals surface area contributed by atoms with Crippen molar-refractivity contribution in [3.8, 4) is 17.3 Å². The third-order valence-corrected chi connectivity index (χ3v) is 5.51. The van der Waals surface area contributed by atoms with E-state index in [1.165, 1.54) is 6.20 Å². The molecule has 10 heteroatoms. The largest absolute Gasteiger partial charge is 0.379 e. The molecule has 33 heavy (non-hydrogen) atoms. The molecule has 1 saturated carbocycles. The van der Waals surface area contributed by atoms with E-state index in [0.29, 0.717) is 28.7 Å². The van der Waals surface area contributed by atoms with Crippen LogP contribution in [0.15, 0.2) is 36.8 Å². The number of nitriles is 1. The lowest BCUT2D eigenvalue weighted by Gasteiger charge is -2.26. The number of ether oxygens (including phenoxy) is 1. The van der Waals surface area contributed by atoms with Crippen molar-refractivity contribution in [2.45, 2.75) is 25.4 Å². The van der Waals surface area contributed by atoms with Crippen molar-refractivity contribution in [1.29, 1.82) is 5.26 Å². The average molecular weight is 446 g/mol. The van der Waals surface area contributed by atoms with Gasteiger partial charge in [-0.25, -0.2) is 19.3 Å². The van der Waals surface area contributed by atoms with Crippen molar-refractivity contribution in [3.63, 3.8) is 0 Å². The maximum Gasteiger partial charge on any atom is 0.227 e. The van der Waals surface area contributed by atoms with E-state index in [0.717, 1.165) is 57.6 Å². The van der Waals surface area contributed by atoms with Crippen molar-refractivity contribution >= 4 is 17.5 Å². The van der Waals surface area contributed by atoms with Crippen LogP contribution in [0, 0.1) is 17.1 Å². The van der Waals surface area contributed by atoms with Crippen LogP contribution >= 0.6 is 0 Å². The fourth-order valence-corrected chi connectivity index (χ4v) is 3.55. The van der Waals surface area contributed by atoms with Crippen molar-refractivity contribution in [1.82, 2.24) is 24.8 Å². The zero-order chi connectivity index (χ0) is 22.6. The molecule has 2 aliphatic rings. The highest BCUT2D eigenvalue weighted by atomic mass is 19.1. The van der Waals surface area contributed by atoms with Gasteiger partial charge in [-0.3, -0.25) is 9.88 Å². The third kappa shape index (κ3) is 5.22. The van der Waals surface area contributed by atoms with Gasteiger partial charge in [0, 0.05) is 37.4 Å². The van der Waals surface area contributed by atoms with Gasteiger partial charge in [0.25, 0.3) is 0 Å². The number of nitrogens with one attached hydrogen (secondary N) is 2. The Hall–Kier alpha value is -3.68. The van der Waals surface area contributed by atoms with E-state index in [1.807, 2.05) is 12.1 Å². The van der Waals surface area contributed by atoms with E-state index in [4.69, 9.17) is 4.74 Å². The molecule has 0 spiro atoms. The number of hydrogen-bond acceptors (Lipinski definition) is 9. The summed E-state index contributed by atoms with van der Waals surface area (Å²) >= 11 is 0. The molecule has 3 aromatic heterocycles. The van der Waals surface area contributed by atoms with Crippen LogP contribution in [-0.2, 0) is 11.3 Å². The second-order valence-electron chi connectivity index (χ2n) is 8.09. The molecule has 9 nitrogen and oxygen atoms in total. The molecule has 3 aromatic rings. The summed E-state index contributed by atoms with van der Waals surface area (Å²) in [7, 11) is 0. The standard InChI is InChI=1S/C23H23FN8O/c24-20-13-28-23(30-18-3-4-19(26-12-18)14-32-5-7-33-8-6-32)31-21(20)16-9-15(10-25)22(27-11-16)29-17-1-2-17/h3-4,9,11-13,17H,1-2,5-8,14H2,(H,27,29)(H,28,30,31). The Labute approximate surface area is 190 Å². The van der Waals surface area contributed by atoms with Crippen LogP contribution in [0.5, 0.6) is 0 Å². The second kappa shape index (κ2) is 9.44. The minimum Gasteiger partial charge on any atom is -0.379 e. The van der Waals surface area contributed by atoms with Gasteiger partial charge < -0.3 is 15.4 Å². The van der Waals surface area contributed by atoms with E-state index in [9.17, 15) is 9.65 Å². The van der Waals surface area contributed by atoms with Gasteiger partial charge in [0.2, 0.25) is 5.95 Å². The molecule has 2 N–H and O–H groups in total. The summed E-state index contributed by atoms with van der Waals surface area (Å²) in [6.45, 7) is 4.05. The van der Waals surface area contributed by atoms with Gasteiger partial charge in [0.15, 0.2) is 5.82 Å². The number of morpholine rings is 1. The molecule has 5 rings (SSSR count). The Bertz CT molecular complexity index is 1170. The van der Waals surface area contributed by atoms with Gasteiger partial charge >= 0.3 is 0 Å². The summed E-state index contributed by atoms with van der Waals surface area (Å²) in [5.41, 5.74) is 2.49. The zero-order valence-corrected chi connectivity index (χ0v) is 18.0. The Morgan fingerprint density at radius 1 is 1.12 bits per heavy atom. The summed E-state index contributed by atoms with van der Waals surface area (Å²) in [5, 5.41) is 15.8. The van der Waals surface area contributed by atoms with Crippen LogP contribution in [0.3, 0.4) is 0 Å². The first kappa shape index (κ1) is 21.2. The maximum absolute atomic E-state index is 14.5. The van der Waals surface area contributed by atoms with Gasteiger partial charge in [-0.15, -0.1) is 0 Å². The fraction of sp³-hybridized carbons (Fsp3) is 0.348. The van der Waals surface area contributed by atoms with Gasteiger partial charge in [0.1, 0.15) is 17.6 Å². The van der Waals surface area contributed by atoms with E-state index in [2.05, 4.69) is 41.5 Å². The van der Waals surface area contributed by atoms with Gasteiger partial charge in [0.05, 0.1) is 42.6 Å². The molecular formula is C23H23FN8O. The molecular weight excluding hydrogens is 423 g/mol. The zero-order valence-electron chi connectivity index (χ0n) is 18.0. The summed E-state index contributed by atoms with van der Waals surface area (Å²) < 4.78 is 19.9.